The average Bonchev–Trinajstić information content (AvgIpc) is 2.04. The zero-order valence-electron chi connectivity index (χ0n) is 8.37. The molecular weight excluding hydrogens is 251 g/mol. The van der Waals surface area contributed by atoms with E-state index in [-0.39, 0.29) is 12.8 Å². The molecule has 2 N–H and O–H groups in total. The van der Waals surface area contributed by atoms with E-state index in [9.17, 15) is 22.1 Å². The summed E-state index contributed by atoms with van der Waals surface area (Å²) < 4.78 is 61.5. The Labute approximate surface area is 90.0 Å². The minimum absolute atomic E-state index is 0.210. The van der Waals surface area contributed by atoms with E-state index >= 15 is 0 Å². The van der Waals surface area contributed by atoms with Crippen molar-refractivity contribution < 1.29 is 31.9 Å². The first-order valence-electron chi connectivity index (χ1n) is 4.85. The zero-order chi connectivity index (χ0) is 12.6. The van der Waals surface area contributed by atoms with Gasteiger partial charge in [-0.2, -0.15) is 13.2 Å². The van der Waals surface area contributed by atoms with E-state index in [1.165, 1.54) is 0 Å². The Morgan fingerprint density at radius 3 is 2.25 bits per heavy atom. The van der Waals surface area contributed by atoms with Crippen LogP contribution >= 0.6 is 7.60 Å². The van der Waals surface area contributed by atoms with Gasteiger partial charge < -0.3 is 9.79 Å². The van der Waals surface area contributed by atoms with Crippen LogP contribution in [0.15, 0.2) is 0 Å². The predicted molar refractivity (Wildman–Crippen MR) is 48.8 cm³/mol. The van der Waals surface area contributed by atoms with Gasteiger partial charge in [0.1, 0.15) is 11.3 Å². The highest BCUT2D eigenvalue weighted by atomic mass is 31.2. The molecule has 0 aromatic carbocycles. The first kappa shape index (κ1) is 13.9. The van der Waals surface area contributed by atoms with Crippen molar-refractivity contribution in [3.8, 4) is 0 Å². The quantitative estimate of drug-likeness (QED) is 0.595. The van der Waals surface area contributed by atoms with Gasteiger partial charge in [-0.05, 0) is 12.8 Å². The summed E-state index contributed by atoms with van der Waals surface area (Å²) in [6, 6.07) is 0. The Kier molecular flexibility index (Phi) is 3.72. The van der Waals surface area contributed by atoms with Crippen molar-refractivity contribution in [2.24, 2.45) is 0 Å². The average molecular weight is 264 g/mol. The molecule has 16 heavy (non-hydrogen) atoms. The highest BCUT2D eigenvalue weighted by Crippen LogP contribution is 2.62. The maximum Gasteiger partial charge on any atom is 0.390 e. The first-order valence-corrected chi connectivity index (χ1v) is 6.46. The molecule has 1 aliphatic carbocycles. The molecule has 3 nitrogen and oxygen atoms in total. The van der Waals surface area contributed by atoms with Crippen LogP contribution in [-0.4, -0.2) is 27.3 Å². The lowest BCUT2D eigenvalue weighted by Gasteiger charge is -2.40. The number of halogens is 4. The molecule has 0 radical (unpaired) electrons. The Morgan fingerprint density at radius 1 is 1.31 bits per heavy atom. The van der Waals surface area contributed by atoms with Crippen LogP contribution in [0.3, 0.4) is 0 Å². The smallest absolute Gasteiger partial charge is 0.324 e. The molecule has 1 fully saturated rings. The van der Waals surface area contributed by atoms with E-state index in [1.54, 1.807) is 0 Å². The Morgan fingerprint density at radius 2 is 1.88 bits per heavy atom. The van der Waals surface area contributed by atoms with Gasteiger partial charge in [0, 0.05) is 0 Å². The highest BCUT2D eigenvalue weighted by molar-refractivity contribution is 7.53. The third kappa shape index (κ3) is 2.76. The van der Waals surface area contributed by atoms with E-state index in [4.69, 9.17) is 9.79 Å². The summed E-state index contributed by atoms with van der Waals surface area (Å²) in [4.78, 5) is 18.0. The molecule has 8 heteroatoms. The minimum Gasteiger partial charge on any atom is -0.324 e. The van der Waals surface area contributed by atoms with Crippen molar-refractivity contribution in [2.45, 2.75) is 49.6 Å². The topological polar surface area (TPSA) is 57.5 Å². The lowest BCUT2D eigenvalue weighted by atomic mass is 9.84. The molecule has 1 aliphatic rings. The van der Waals surface area contributed by atoms with Crippen LogP contribution in [0, 0.1) is 0 Å². The van der Waals surface area contributed by atoms with Crippen molar-refractivity contribution in [2.75, 3.05) is 0 Å². The molecule has 2 unspecified atom stereocenters. The van der Waals surface area contributed by atoms with E-state index in [1.807, 2.05) is 0 Å². The van der Waals surface area contributed by atoms with Gasteiger partial charge in [0.15, 0.2) is 0 Å². The van der Waals surface area contributed by atoms with Crippen LogP contribution in [0.1, 0.15) is 32.1 Å². The summed E-state index contributed by atoms with van der Waals surface area (Å²) in [6.07, 6.45) is -8.70. The molecule has 0 bridgehead atoms. The molecule has 0 spiro atoms. The van der Waals surface area contributed by atoms with Crippen LogP contribution in [-0.2, 0) is 4.57 Å². The Hall–Kier alpha value is -0.130. The monoisotopic (exact) mass is 264 g/mol. The van der Waals surface area contributed by atoms with E-state index < -0.39 is 37.9 Å². The molecule has 0 saturated heterocycles. The molecule has 0 aliphatic heterocycles. The van der Waals surface area contributed by atoms with Gasteiger partial charge in [0.2, 0.25) is 0 Å². The van der Waals surface area contributed by atoms with E-state index in [2.05, 4.69) is 0 Å². The second-order valence-corrected chi connectivity index (χ2v) is 6.13. The van der Waals surface area contributed by atoms with Gasteiger partial charge in [-0.1, -0.05) is 12.8 Å². The van der Waals surface area contributed by atoms with Crippen molar-refractivity contribution in [3.05, 3.63) is 0 Å². The SMILES string of the molecule is O=P(O)(O)C1(CC(F)(F)F)CCCCC1F. The third-order valence-corrected chi connectivity index (χ3v) is 4.81. The van der Waals surface area contributed by atoms with Crippen molar-refractivity contribution in [1.82, 2.24) is 0 Å². The number of alkyl halides is 4. The summed E-state index contributed by atoms with van der Waals surface area (Å²) in [5, 5.41) is -2.57. The normalized spacial score (nSPS) is 32.8. The molecule has 96 valence electrons. The highest BCUT2D eigenvalue weighted by Gasteiger charge is 2.59. The Balaban J connectivity index is 3.06. The summed E-state index contributed by atoms with van der Waals surface area (Å²) in [5.41, 5.74) is 0. The molecule has 0 aromatic rings. The summed E-state index contributed by atoms with van der Waals surface area (Å²) in [5.74, 6) is 0. The second-order valence-electron chi connectivity index (χ2n) is 4.15. The number of hydrogen-bond acceptors (Lipinski definition) is 1. The first-order chi connectivity index (χ1) is 7.08. The van der Waals surface area contributed by atoms with Gasteiger partial charge in [-0.3, -0.25) is 4.57 Å². The molecule has 1 rings (SSSR count). The van der Waals surface area contributed by atoms with Crippen molar-refractivity contribution >= 4 is 7.60 Å². The molecular formula is C8H13F4O3P. The minimum atomic E-state index is -5.12. The van der Waals surface area contributed by atoms with Crippen molar-refractivity contribution in [3.63, 3.8) is 0 Å². The van der Waals surface area contributed by atoms with Gasteiger partial charge in [-0.15, -0.1) is 0 Å². The largest absolute Gasteiger partial charge is 0.390 e. The number of hydrogen-bond donors (Lipinski definition) is 2. The fraction of sp³-hybridized carbons (Fsp3) is 1.00. The van der Waals surface area contributed by atoms with Crippen LogP contribution in [0.4, 0.5) is 17.6 Å². The van der Waals surface area contributed by atoms with Gasteiger partial charge in [0.25, 0.3) is 0 Å². The standard InChI is InChI=1S/C8H13F4O3P/c9-6-3-1-2-4-7(6,16(13,14)15)5-8(10,11)12/h6H,1-5H2,(H2,13,14,15). The van der Waals surface area contributed by atoms with Gasteiger partial charge in [0.05, 0.1) is 6.42 Å². The molecule has 0 amide bonds. The molecule has 1 saturated carbocycles. The lowest BCUT2D eigenvalue weighted by molar-refractivity contribution is -0.149. The fourth-order valence-electron chi connectivity index (χ4n) is 2.16. The summed E-state index contributed by atoms with van der Waals surface area (Å²) >= 11 is 0. The van der Waals surface area contributed by atoms with Gasteiger partial charge >= 0.3 is 13.8 Å². The second kappa shape index (κ2) is 4.27. The van der Waals surface area contributed by atoms with Crippen LogP contribution < -0.4 is 0 Å². The zero-order valence-corrected chi connectivity index (χ0v) is 9.27. The van der Waals surface area contributed by atoms with E-state index in [0.29, 0.717) is 6.42 Å². The number of rotatable bonds is 2. The summed E-state index contributed by atoms with van der Waals surface area (Å²) in [7, 11) is -5.12. The maximum absolute atomic E-state index is 13.5. The fourth-order valence-corrected chi connectivity index (χ4v) is 3.49. The Bertz CT molecular complexity index is 300. The van der Waals surface area contributed by atoms with E-state index in [0.717, 1.165) is 0 Å². The maximum atomic E-state index is 13.5. The molecule has 2 atom stereocenters. The third-order valence-electron chi connectivity index (χ3n) is 2.99. The summed E-state index contributed by atoms with van der Waals surface area (Å²) in [6.45, 7) is 0. The van der Waals surface area contributed by atoms with Crippen molar-refractivity contribution in [1.29, 1.82) is 0 Å². The molecule has 0 aromatic heterocycles. The predicted octanol–water partition coefficient (Wildman–Crippen LogP) is 2.77. The lowest BCUT2D eigenvalue weighted by Crippen LogP contribution is -2.45. The van der Waals surface area contributed by atoms with Crippen LogP contribution in [0.2, 0.25) is 0 Å². The van der Waals surface area contributed by atoms with Crippen LogP contribution in [0.5, 0.6) is 0 Å². The van der Waals surface area contributed by atoms with Gasteiger partial charge in [-0.25, -0.2) is 4.39 Å². The molecule has 0 heterocycles. The van der Waals surface area contributed by atoms with Crippen LogP contribution in [0.25, 0.3) is 0 Å².